The molecule has 1 fully saturated rings. The molecule has 170 valence electrons. The minimum absolute atomic E-state index is 0.248. The zero-order valence-corrected chi connectivity index (χ0v) is 19.5. The Bertz CT molecular complexity index is 1050. The number of aryl methyl sites for hydroxylation is 1. The molecule has 0 aliphatic carbocycles. The second-order valence-electron chi connectivity index (χ2n) is 9.63. The second-order valence-corrected chi connectivity index (χ2v) is 9.63. The predicted molar refractivity (Wildman–Crippen MR) is 136 cm³/mol. The molecular formula is C30H34N2O. The first-order valence-electron chi connectivity index (χ1n) is 12.5. The minimum atomic E-state index is 0.248. The second kappa shape index (κ2) is 10.4. The van der Waals surface area contributed by atoms with Gasteiger partial charge in [-0.05, 0) is 73.0 Å². The number of amides is 1. The first-order valence-corrected chi connectivity index (χ1v) is 12.5. The number of anilines is 1. The van der Waals surface area contributed by atoms with E-state index in [-0.39, 0.29) is 5.91 Å². The minimum Gasteiger partial charge on any atom is -0.312 e. The molecular weight excluding hydrogens is 404 g/mol. The maximum absolute atomic E-state index is 13.4. The number of piperidine rings is 1. The van der Waals surface area contributed by atoms with Crippen molar-refractivity contribution in [3.63, 3.8) is 0 Å². The summed E-state index contributed by atoms with van der Waals surface area (Å²) in [5.41, 5.74) is 6.11. The van der Waals surface area contributed by atoms with Crippen LogP contribution in [0.15, 0.2) is 78.9 Å². The van der Waals surface area contributed by atoms with Gasteiger partial charge in [0.15, 0.2) is 0 Å². The number of fused-ring (bicyclic) bond motifs is 1. The molecule has 3 aromatic carbocycles. The molecule has 1 unspecified atom stereocenters. The molecule has 3 heteroatoms. The number of hydrogen-bond acceptors (Lipinski definition) is 2. The zero-order chi connectivity index (χ0) is 22.5. The van der Waals surface area contributed by atoms with Gasteiger partial charge < -0.3 is 9.80 Å². The van der Waals surface area contributed by atoms with Crippen molar-refractivity contribution >= 4 is 11.6 Å². The van der Waals surface area contributed by atoms with E-state index in [1.54, 1.807) is 0 Å². The van der Waals surface area contributed by atoms with E-state index in [4.69, 9.17) is 0 Å². The molecule has 0 bridgehead atoms. The fourth-order valence-electron chi connectivity index (χ4n) is 5.43. The number of nitrogens with zero attached hydrogens (tertiary/aromatic N) is 2. The molecule has 5 rings (SSSR count). The Labute approximate surface area is 198 Å². The van der Waals surface area contributed by atoms with Crippen molar-refractivity contribution in [2.24, 2.45) is 5.92 Å². The van der Waals surface area contributed by atoms with Crippen molar-refractivity contribution in [3.05, 3.63) is 90.0 Å². The van der Waals surface area contributed by atoms with Crippen molar-refractivity contribution in [2.45, 2.75) is 38.5 Å². The van der Waals surface area contributed by atoms with Crippen molar-refractivity contribution < 1.29 is 4.79 Å². The Balaban J connectivity index is 1.24. The van der Waals surface area contributed by atoms with E-state index in [9.17, 15) is 4.79 Å². The highest BCUT2D eigenvalue weighted by Gasteiger charge is 2.29. The van der Waals surface area contributed by atoms with Crippen LogP contribution in [0.2, 0.25) is 0 Å². The summed E-state index contributed by atoms with van der Waals surface area (Å²) in [4.78, 5) is 18.1. The van der Waals surface area contributed by atoms with E-state index in [1.165, 1.54) is 54.6 Å². The first kappa shape index (κ1) is 21.9. The van der Waals surface area contributed by atoms with Crippen LogP contribution in [0.3, 0.4) is 0 Å². The fourth-order valence-corrected chi connectivity index (χ4v) is 5.43. The van der Waals surface area contributed by atoms with Gasteiger partial charge in [0.1, 0.15) is 0 Å². The summed E-state index contributed by atoms with van der Waals surface area (Å²) in [7, 11) is 0. The van der Waals surface area contributed by atoms with Crippen LogP contribution in [0.1, 0.15) is 36.8 Å². The van der Waals surface area contributed by atoms with Gasteiger partial charge in [0.25, 0.3) is 0 Å². The largest absolute Gasteiger partial charge is 0.312 e. The van der Waals surface area contributed by atoms with E-state index in [0.717, 1.165) is 31.6 Å². The average Bonchev–Trinajstić information content (AvgIpc) is 2.88. The highest BCUT2D eigenvalue weighted by molar-refractivity contribution is 5.94. The molecule has 33 heavy (non-hydrogen) atoms. The summed E-state index contributed by atoms with van der Waals surface area (Å²) >= 11 is 0. The smallest absolute Gasteiger partial charge is 0.227 e. The lowest BCUT2D eigenvalue weighted by molar-refractivity contribution is -0.118. The highest BCUT2D eigenvalue weighted by atomic mass is 16.2. The molecule has 1 atom stereocenters. The lowest BCUT2D eigenvalue weighted by Gasteiger charge is -2.38. The standard InChI is InChI=1S/C30H34N2O/c33-30(18-15-24-13-16-27(17-14-24)26-9-3-1-4-10-26)32-23-25(22-31-19-7-2-8-20-31)21-28-11-5-6-12-29(28)32/h1,3-6,9-14,16-17,25H,2,7-8,15,18-23H2. The van der Waals surface area contributed by atoms with Crippen LogP contribution >= 0.6 is 0 Å². The molecule has 2 aliphatic rings. The van der Waals surface area contributed by atoms with Crippen LogP contribution in [0.5, 0.6) is 0 Å². The van der Waals surface area contributed by atoms with Crippen LogP contribution < -0.4 is 4.90 Å². The molecule has 0 aromatic heterocycles. The van der Waals surface area contributed by atoms with Crippen molar-refractivity contribution in [1.82, 2.24) is 4.90 Å². The number of carbonyl (C=O) groups excluding carboxylic acids is 1. The molecule has 0 spiro atoms. The van der Waals surface area contributed by atoms with E-state index < -0.39 is 0 Å². The maximum atomic E-state index is 13.4. The van der Waals surface area contributed by atoms with Gasteiger partial charge in [-0.3, -0.25) is 4.79 Å². The van der Waals surface area contributed by atoms with Gasteiger partial charge in [-0.25, -0.2) is 0 Å². The Kier molecular flexibility index (Phi) is 6.87. The fraction of sp³-hybridized carbons (Fsp3) is 0.367. The Morgan fingerprint density at radius 1 is 0.788 bits per heavy atom. The zero-order valence-electron chi connectivity index (χ0n) is 19.5. The molecule has 3 aromatic rings. The van der Waals surface area contributed by atoms with Crippen LogP contribution in [0.25, 0.3) is 11.1 Å². The summed E-state index contributed by atoms with van der Waals surface area (Å²) in [6.07, 6.45) is 6.40. The molecule has 0 saturated carbocycles. The van der Waals surface area contributed by atoms with Crippen molar-refractivity contribution in [2.75, 3.05) is 31.1 Å². The lowest BCUT2D eigenvalue weighted by atomic mass is 9.91. The average molecular weight is 439 g/mol. The number of hydrogen-bond donors (Lipinski definition) is 0. The number of benzene rings is 3. The third kappa shape index (κ3) is 5.36. The highest BCUT2D eigenvalue weighted by Crippen LogP contribution is 2.31. The number of rotatable bonds is 6. The number of para-hydroxylation sites is 1. The predicted octanol–water partition coefficient (Wildman–Crippen LogP) is 5.98. The topological polar surface area (TPSA) is 23.6 Å². The number of carbonyl (C=O) groups is 1. The first-order chi connectivity index (χ1) is 16.3. The van der Waals surface area contributed by atoms with E-state index in [0.29, 0.717) is 12.3 Å². The van der Waals surface area contributed by atoms with Gasteiger partial charge in [-0.2, -0.15) is 0 Å². The van der Waals surface area contributed by atoms with Gasteiger partial charge in [0, 0.05) is 25.2 Å². The third-order valence-electron chi connectivity index (χ3n) is 7.19. The molecule has 2 aliphatic heterocycles. The van der Waals surface area contributed by atoms with Gasteiger partial charge in [0.05, 0.1) is 0 Å². The van der Waals surface area contributed by atoms with Crippen LogP contribution in [0, 0.1) is 5.92 Å². The van der Waals surface area contributed by atoms with Crippen LogP contribution in [-0.4, -0.2) is 37.0 Å². The normalized spacial score (nSPS) is 18.7. The van der Waals surface area contributed by atoms with Crippen molar-refractivity contribution in [1.29, 1.82) is 0 Å². The third-order valence-corrected chi connectivity index (χ3v) is 7.19. The summed E-state index contributed by atoms with van der Waals surface area (Å²) in [6, 6.07) is 27.6. The lowest BCUT2D eigenvalue weighted by Crippen LogP contribution is -2.45. The number of likely N-dealkylation sites (tertiary alicyclic amines) is 1. The summed E-state index contributed by atoms with van der Waals surface area (Å²) in [5, 5.41) is 0. The van der Waals surface area contributed by atoms with Gasteiger partial charge in [-0.1, -0.05) is 79.2 Å². The quantitative estimate of drug-likeness (QED) is 0.473. The van der Waals surface area contributed by atoms with E-state index >= 15 is 0 Å². The molecule has 0 radical (unpaired) electrons. The van der Waals surface area contributed by atoms with E-state index in [2.05, 4.69) is 82.6 Å². The SMILES string of the molecule is O=C(CCc1ccc(-c2ccccc2)cc1)N1CC(CN2CCCCC2)Cc2ccccc21. The molecule has 3 nitrogen and oxygen atoms in total. The molecule has 1 saturated heterocycles. The Morgan fingerprint density at radius 2 is 1.48 bits per heavy atom. The summed E-state index contributed by atoms with van der Waals surface area (Å²) < 4.78 is 0. The summed E-state index contributed by atoms with van der Waals surface area (Å²) in [6.45, 7) is 4.38. The maximum Gasteiger partial charge on any atom is 0.227 e. The molecule has 0 N–H and O–H groups in total. The monoisotopic (exact) mass is 438 g/mol. The van der Waals surface area contributed by atoms with Crippen LogP contribution in [0.4, 0.5) is 5.69 Å². The van der Waals surface area contributed by atoms with Gasteiger partial charge >= 0.3 is 0 Å². The Hall–Kier alpha value is -2.91. The van der Waals surface area contributed by atoms with Gasteiger partial charge in [0.2, 0.25) is 5.91 Å². The van der Waals surface area contributed by atoms with E-state index in [1.807, 2.05) is 6.07 Å². The van der Waals surface area contributed by atoms with Crippen molar-refractivity contribution in [3.8, 4) is 11.1 Å². The van der Waals surface area contributed by atoms with Gasteiger partial charge in [-0.15, -0.1) is 0 Å². The molecule has 2 heterocycles. The van der Waals surface area contributed by atoms with Crippen LogP contribution in [-0.2, 0) is 17.6 Å². The summed E-state index contributed by atoms with van der Waals surface area (Å²) in [5.74, 6) is 0.769. The Morgan fingerprint density at radius 3 is 2.27 bits per heavy atom. The molecule has 1 amide bonds.